The smallest absolute Gasteiger partial charge is 0.251 e. The molecule has 0 spiro atoms. The topological polar surface area (TPSA) is 87.5 Å². The third-order valence-corrected chi connectivity index (χ3v) is 4.16. The lowest BCUT2D eigenvalue weighted by atomic mass is 10.0. The number of rotatable bonds is 4. The Balaban J connectivity index is 1.53. The van der Waals surface area contributed by atoms with E-state index in [9.17, 15) is 14.7 Å². The van der Waals surface area contributed by atoms with Crippen LogP contribution in [0.5, 0.6) is 0 Å². The number of hydrogen-bond acceptors (Lipinski definition) is 4. The van der Waals surface area contributed by atoms with E-state index in [4.69, 9.17) is 0 Å². The number of likely N-dealkylation sites (tertiary alicyclic amines) is 1. The highest BCUT2D eigenvalue weighted by atomic mass is 16.3. The van der Waals surface area contributed by atoms with Gasteiger partial charge in [0.2, 0.25) is 5.91 Å². The number of nitrogens with one attached hydrogen (secondary N) is 1. The second-order valence-electron chi connectivity index (χ2n) is 5.88. The van der Waals surface area contributed by atoms with Crippen molar-refractivity contribution in [2.24, 2.45) is 0 Å². The molecular formula is C17H20N4O3. The van der Waals surface area contributed by atoms with E-state index in [0.717, 1.165) is 0 Å². The Hall–Kier alpha value is -2.67. The van der Waals surface area contributed by atoms with Gasteiger partial charge in [-0.15, -0.1) is 0 Å². The average Bonchev–Trinajstić information content (AvgIpc) is 3.10. The van der Waals surface area contributed by atoms with Crippen molar-refractivity contribution in [3.63, 3.8) is 0 Å². The molecule has 1 aliphatic heterocycles. The van der Waals surface area contributed by atoms with Crippen LogP contribution in [0, 0.1) is 0 Å². The Morgan fingerprint density at radius 3 is 2.75 bits per heavy atom. The molecule has 1 saturated heterocycles. The lowest BCUT2D eigenvalue weighted by Gasteiger charge is -2.36. The van der Waals surface area contributed by atoms with Crippen LogP contribution in [0.1, 0.15) is 16.8 Å². The van der Waals surface area contributed by atoms with Gasteiger partial charge in [-0.2, -0.15) is 0 Å². The van der Waals surface area contributed by atoms with Gasteiger partial charge in [-0.1, -0.05) is 18.2 Å². The summed E-state index contributed by atoms with van der Waals surface area (Å²) in [4.78, 5) is 29.9. The van der Waals surface area contributed by atoms with Gasteiger partial charge in [-0.05, 0) is 18.6 Å². The Bertz CT molecular complexity index is 687. The molecule has 126 valence electrons. The number of carbonyl (C=O) groups excluding carboxylic acids is 2. The number of aliphatic hydroxyl groups is 1. The maximum absolute atomic E-state index is 12.2. The van der Waals surface area contributed by atoms with Crippen molar-refractivity contribution in [3.05, 3.63) is 54.6 Å². The van der Waals surface area contributed by atoms with Gasteiger partial charge in [0, 0.05) is 31.0 Å². The molecule has 0 bridgehead atoms. The molecule has 1 aromatic carbocycles. The van der Waals surface area contributed by atoms with E-state index in [1.165, 1.54) is 0 Å². The van der Waals surface area contributed by atoms with Crippen molar-refractivity contribution in [3.8, 4) is 0 Å². The molecule has 3 rings (SSSR count). The maximum atomic E-state index is 12.2. The quantitative estimate of drug-likeness (QED) is 0.844. The van der Waals surface area contributed by atoms with Gasteiger partial charge in [0.05, 0.1) is 18.5 Å². The fourth-order valence-corrected chi connectivity index (χ4v) is 2.80. The van der Waals surface area contributed by atoms with E-state index < -0.39 is 6.10 Å². The number of aromatic nitrogens is 2. The minimum absolute atomic E-state index is 0.0696. The predicted molar refractivity (Wildman–Crippen MR) is 87.1 cm³/mol. The second-order valence-corrected chi connectivity index (χ2v) is 5.88. The molecule has 0 aliphatic carbocycles. The van der Waals surface area contributed by atoms with Crippen LogP contribution >= 0.6 is 0 Å². The zero-order valence-corrected chi connectivity index (χ0v) is 13.2. The molecule has 24 heavy (non-hydrogen) atoms. The highest BCUT2D eigenvalue weighted by molar-refractivity contribution is 5.94. The van der Waals surface area contributed by atoms with Gasteiger partial charge >= 0.3 is 0 Å². The average molecular weight is 328 g/mol. The molecule has 0 unspecified atom stereocenters. The van der Waals surface area contributed by atoms with E-state index in [1.54, 1.807) is 52.5 Å². The van der Waals surface area contributed by atoms with Crippen LogP contribution in [0.15, 0.2) is 49.1 Å². The zero-order valence-electron chi connectivity index (χ0n) is 13.2. The fourth-order valence-electron chi connectivity index (χ4n) is 2.80. The highest BCUT2D eigenvalue weighted by Gasteiger charge is 2.31. The van der Waals surface area contributed by atoms with Gasteiger partial charge in [0.15, 0.2) is 0 Å². The third-order valence-electron chi connectivity index (χ3n) is 4.16. The molecule has 7 nitrogen and oxygen atoms in total. The minimum atomic E-state index is -0.779. The first-order valence-corrected chi connectivity index (χ1v) is 7.91. The molecule has 1 fully saturated rings. The van der Waals surface area contributed by atoms with E-state index in [2.05, 4.69) is 10.3 Å². The van der Waals surface area contributed by atoms with Gasteiger partial charge in [-0.3, -0.25) is 9.59 Å². The van der Waals surface area contributed by atoms with Crippen molar-refractivity contribution >= 4 is 11.8 Å². The Morgan fingerprint density at radius 2 is 2.08 bits per heavy atom. The first-order valence-electron chi connectivity index (χ1n) is 7.91. The van der Waals surface area contributed by atoms with Gasteiger partial charge in [0.1, 0.15) is 6.54 Å². The molecule has 2 amide bonds. The van der Waals surface area contributed by atoms with Gasteiger partial charge < -0.3 is 19.9 Å². The van der Waals surface area contributed by atoms with Crippen molar-refractivity contribution in [2.45, 2.75) is 25.1 Å². The molecule has 1 aliphatic rings. The summed E-state index contributed by atoms with van der Waals surface area (Å²) < 4.78 is 1.69. The Kier molecular flexibility index (Phi) is 4.90. The SMILES string of the molecule is O=C(N[C@@H]1CCN(C(=O)Cn2ccnc2)C[C@H]1O)c1ccccc1. The zero-order chi connectivity index (χ0) is 16.9. The minimum Gasteiger partial charge on any atom is -0.389 e. The van der Waals surface area contributed by atoms with Crippen LogP contribution in [0.2, 0.25) is 0 Å². The van der Waals surface area contributed by atoms with Crippen molar-refractivity contribution in [1.82, 2.24) is 19.8 Å². The normalized spacial score (nSPS) is 20.6. The van der Waals surface area contributed by atoms with Crippen LogP contribution in [0.25, 0.3) is 0 Å². The highest BCUT2D eigenvalue weighted by Crippen LogP contribution is 2.13. The van der Waals surface area contributed by atoms with Crippen molar-refractivity contribution in [1.29, 1.82) is 0 Å². The number of piperidine rings is 1. The molecule has 2 heterocycles. The van der Waals surface area contributed by atoms with E-state index in [1.807, 2.05) is 6.07 Å². The van der Waals surface area contributed by atoms with Crippen molar-refractivity contribution < 1.29 is 14.7 Å². The van der Waals surface area contributed by atoms with E-state index in [-0.39, 0.29) is 30.9 Å². The largest absolute Gasteiger partial charge is 0.389 e. The van der Waals surface area contributed by atoms with E-state index in [0.29, 0.717) is 18.5 Å². The van der Waals surface area contributed by atoms with Crippen LogP contribution in [-0.4, -0.2) is 56.6 Å². The summed E-state index contributed by atoms with van der Waals surface area (Å²) in [5.41, 5.74) is 0.559. The van der Waals surface area contributed by atoms with Crippen LogP contribution in [-0.2, 0) is 11.3 Å². The molecule has 1 aromatic heterocycles. The number of β-amino-alcohol motifs (C(OH)–C–C–N with tert-alkyl or cyclic N) is 1. The van der Waals surface area contributed by atoms with Crippen LogP contribution in [0.4, 0.5) is 0 Å². The number of amides is 2. The Morgan fingerprint density at radius 1 is 1.29 bits per heavy atom. The number of hydrogen-bond donors (Lipinski definition) is 2. The van der Waals surface area contributed by atoms with Crippen molar-refractivity contribution in [2.75, 3.05) is 13.1 Å². The predicted octanol–water partition coefficient (Wildman–Crippen LogP) is 0.275. The van der Waals surface area contributed by atoms with Crippen LogP contribution < -0.4 is 5.32 Å². The second kappa shape index (κ2) is 7.27. The van der Waals surface area contributed by atoms with Gasteiger partial charge in [0.25, 0.3) is 5.91 Å². The molecular weight excluding hydrogens is 308 g/mol. The fraction of sp³-hybridized carbons (Fsp3) is 0.353. The molecule has 0 saturated carbocycles. The number of aliphatic hydroxyl groups excluding tert-OH is 1. The first kappa shape index (κ1) is 16.2. The maximum Gasteiger partial charge on any atom is 0.251 e. The monoisotopic (exact) mass is 328 g/mol. The number of nitrogens with zero attached hydrogens (tertiary/aromatic N) is 3. The summed E-state index contributed by atoms with van der Waals surface area (Å²) in [6.45, 7) is 0.922. The molecule has 0 radical (unpaired) electrons. The first-order chi connectivity index (χ1) is 11.6. The van der Waals surface area contributed by atoms with Crippen LogP contribution in [0.3, 0.4) is 0 Å². The summed E-state index contributed by atoms with van der Waals surface area (Å²) in [6.07, 6.45) is 4.67. The number of benzene rings is 1. The van der Waals surface area contributed by atoms with Gasteiger partial charge in [-0.25, -0.2) is 4.98 Å². The lowest BCUT2D eigenvalue weighted by molar-refractivity contribution is -0.135. The molecule has 2 atom stereocenters. The lowest BCUT2D eigenvalue weighted by Crippen LogP contribution is -2.55. The summed E-state index contributed by atoms with van der Waals surface area (Å²) in [5, 5.41) is 13.1. The number of carbonyl (C=O) groups is 2. The molecule has 2 aromatic rings. The third kappa shape index (κ3) is 3.80. The molecule has 7 heteroatoms. The molecule has 2 N–H and O–H groups in total. The van der Waals surface area contributed by atoms with E-state index >= 15 is 0 Å². The Labute approximate surface area is 139 Å². The number of imidazole rings is 1. The summed E-state index contributed by atoms with van der Waals surface area (Å²) in [7, 11) is 0. The summed E-state index contributed by atoms with van der Waals surface area (Å²) in [5.74, 6) is -0.280. The standard InChI is InChI=1S/C17H20N4O3/c22-15-10-21(16(23)11-20-9-7-18-12-20)8-6-14(15)19-17(24)13-4-2-1-3-5-13/h1-5,7,9,12,14-15,22H,6,8,10-11H2,(H,19,24)/t14-,15-/m1/s1. The summed E-state index contributed by atoms with van der Waals surface area (Å²) in [6, 6.07) is 8.54. The summed E-state index contributed by atoms with van der Waals surface area (Å²) >= 11 is 0.